The van der Waals surface area contributed by atoms with Gasteiger partial charge in [-0.15, -0.1) is 0 Å². The molecule has 148 valence electrons. The molecular formula is C20H39NO4. The van der Waals surface area contributed by atoms with E-state index in [1.165, 1.54) is 37.0 Å². The highest BCUT2D eigenvalue weighted by Gasteiger charge is 2.48. The van der Waals surface area contributed by atoms with Gasteiger partial charge in [0.05, 0.1) is 6.61 Å². The summed E-state index contributed by atoms with van der Waals surface area (Å²) in [4.78, 5) is 25.9. The van der Waals surface area contributed by atoms with Crippen LogP contribution in [0, 0.1) is 5.92 Å². The molecule has 5 nitrogen and oxygen atoms in total. The molecule has 0 aromatic carbocycles. The number of carboxylic acids is 1. The second-order valence-electron chi connectivity index (χ2n) is 7.06. The monoisotopic (exact) mass is 357 g/mol. The number of amides is 1. The number of carbonyl (C=O) groups excluding carboxylic acids is 1. The first-order valence-electron chi connectivity index (χ1n) is 10.1. The predicted octanol–water partition coefficient (Wildman–Crippen LogP) is 5.48. The number of rotatable bonds is 14. The van der Waals surface area contributed by atoms with E-state index in [9.17, 15) is 14.7 Å². The number of hydrogen-bond donors (Lipinski definition) is 1. The zero-order valence-electron chi connectivity index (χ0n) is 17.0. The molecule has 0 aliphatic carbocycles. The normalized spacial score (nSPS) is 13.5. The molecule has 1 N–H and O–H groups in total. The molecule has 0 heterocycles. The van der Waals surface area contributed by atoms with Crippen LogP contribution in [0.1, 0.15) is 92.4 Å². The molecule has 0 rings (SSSR count). The Kier molecular flexibility index (Phi) is 12.4. The molecule has 1 amide bonds. The van der Waals surface area contributed by atoms with Crippen molar-refractivity contribution in [1.82, 2.24) is 4.90 Å². The van der Waals surface area contributed by atoms with E-state index in [-0.39, 0.29) is 12.5 Å². The molecule has 0 radical (unpaired) electrons. The average Bonchev–Trinajstić information content (AvgIpc) is 2.56. The van der Waals surface area contributed by atoms with Gasteiger partial charge in [-0.2, -0.15) is 0 Å². The van der Waals surface area contributed by atoms with Crippen molar-refractivity contribution in [1.29, 1.82) is 0 Å². The van der Waals surface area contributed by atoms with Crippen molar-refractivity contribution in [2.24, 2.45) is 5.92 Å². The average molecular weight is 358 g/mol. The molecule has 1 unspecified atom stereocenters. The minimum atomic E-state index is -1.20. The Labute approximate surface area is 154 Å². The second kappa shape index (κ2) is 13.0. The summed E-state index contributed by atoms with van der Waals surface area (Å²) in [6, 6.07) is 0. The molecule has 0 aromatic heterocycles. The molecule has 0 saturated carbocycles. The first-order chi connectivity index (χ1) is 11.9. The minimum absolute atomic E-state index is 0.187. The molecule has 5 heteroatoms. The van der Waals surface area contributed by atoms with Crippen LogP contribution in [0.4, 0.5) is 4.79 Å². The SMILES string of the molecule is CCCCCCCCCCN(C(=O)OCC)C(CC)(C(=O)O)C(C)C. The van der Waals surface area contributed by atoms with E-state index in [0.29, 0.717) is 13.0 Å². The smallest absolute Gasteiger partial charge is 0.410 e. The summed E-state index contributed by atoms with van der Waals surface area (Å²) in [6.07, 6.45) is 9.12. The van der Waals surface area contributed by atoms with Crippen molar-refractivity contribution < 1.29 is 19.4 Å². The van der Waals surface area contributed by atoms with Gasteiger partial charge in [0.1, 0.15) is 5.54 Å². The number of carboxylic acid groups (broad SMARTS) is 1. The Morgan fingerprint density at radius 3 is 1.88 bits per heavy atom. The van der Waals surface area contributed by atoms with Crippen molar-refractivity contribution >= 4 is 12.1 Å². The highest BCUT2D eigenvalue weighted by molar-refractivity contribution is 5.84. The van der Waals surface area contributed by atoms with Crippen LogP contribution in [0.25, 0.3) is 0 Å². The molecule has 0 saturated heterocycles. The zero-order chi connectivity index (χ0) is 19.3. The van der Waals surface area contributed by atoms with E-state index in [1.807, 2.05) is 20.8 Å². The summed E-state index contributed by atoms with van der Waals surface area (Å²) >= 11 is 0. The summed E-state index contributed by atoms with van der Waals surface area (Å²) in [5.74, 6) is -1.13. The molecule has 0 fully saturated rings. The molecule has 0 bridgehead atoms. The van der Waals surface area contributed by atoms with Gasteiger partial charge in [-0.05, 0) is 25.7 Å². The largest absolute Gasteiger partial charge is 0.479 e. The molecule has 0 aromatic rings. The lowest BCUT2D eigenvalue weighted by Crippen LogP contribution is -2.60. The number of aliphatic carboxylic acids is 1. The summed E-state index contributed by atoms with van der Waals surface area (Å²) in [7, 11) is 0. The van der Waals surface area contributed by atoms with Crippen molar-refractivity contribution in [3.8, 4) is 0 Å². The van der Waals surface area contributed by atoms with Crippen LogP contribution in [0.2, 0.25) is 0 Å². The highest BCUT2D eigenvalue weighted by Crippen LogP contribution is 2.30. The third-order valence-electron chi connectivity index (χ3n) is 5.07. The van der Waals surface area contributed by atoms with Gasteiger partial charge in [0.25, 0.3) is 0 Å². The number of ether oxygens (including phenoxy) is 1. The molecular weight excluding hydrogens is 318 g/mol. The Morgan fingerprint density at radius 1 is 0.960 bits per heavy atom. The van der Waals surface area contributed by atoms with Gasteiger partial charge in [0.2, 0.25) is 0 Å². The lowest BCUT2D eigenvalue weighted by molar-refractivity contribution is -0.154. The maximum absolute atomic E-state index is 12.4. The standard InChI is InChI=1S/C20H39NO4/c1-6-9-10-11-12-13-14-15-16-21(19(24)25-8-3)20(7-2,17(4)5)18(22)23/h17H,6-16H2,1-5H3,(H,22,23). The van der Waals surface area contributed by atoms with Crippen LogP contribution in [-0.4, -0.2) is 40.8 Å². The minimum Gasteiger partial charge on any atom is -0.479 e. The number of unbranched alkanes of at least 4 members (excludes halogenated alkanes) is 7. The van der Waals surface area contributed by atoms with Crippen LogP contribution in [0.3, 0.4) is 0 Å². The van der Waals surface area contributed by atoms with Gasteiger partial charge in [0.15, 0.2) is 0 Å². The van der Waals surface area contributed by atoms with Crippen molar-refractivity contribution in [2.75, 3.05) is 13.2 Å². The zero-order valence-corrected chi connectivity index (χ0v) is 17.0. The summed E-state index contributed by atoms with van der Waals surface area (Å²) < 4.78 is 5.16. The van der Waals surface area contributed by atoms with E-state index in [4.69, 9.17) is 4.74 Å². The molecule has 1 atom stereocenters. The number of hydrogen-bond acceptors (Lipinski definition) is 3. The van der Waals surface area contributed by atoms with Gasteiger partial charge in [0, 0.05) is 6.54 Å². The van der Waals surface area contributed by atoms with Crippen molar-refractivity contribution in [3.05, 3.63) is 0 Å². The fourth-order valence-corrected chi connectivity index (χ4v) is 3.48. The quantitative estimate of drug-likeness (QED) is 0.418. The predicted molar refractivity (Wildman–Crippen MR) is 102 cm³/mol. The van der Waals surface area contributed by atoms with E-state index < -0.39 is 17.6 Å². The van der Waals surface area contributed by atoms with E-state index in [2.05, 4.69) is 6.92 Å². The number of carbonyl (C=O) groups is 2. The van der Waals surface area contributed by atoms with Crippen molar-refractivity contribution in [3.63, 3.8) is 0 Å². The van der Waals surface area contributed by atoms with E-state index in [1.54, 1.807) is 6.92 Å². The maximum atomic E-state index is 12.4. The Bertz CT molecular complexity index is 384. The van der Waals surface area contributed by atoms with Crippen LogP contribution in [0.15, 0.2) is 0 Å². The molecule has 25 heavy (non-hydrogen) atoms. The third kappa shape index (κ3) is 7.25. The Morgan fingerprint density at radius 2 is 1.48 bits per heavy atom. The van der Waals surface area contributed by atoms with Crippen molar-refractivity contribution in [2.45, 2.75) is 97.9 Å². The van der Waals surface area contributed by atoms with Gasteiger partial charge in [-0.3, -0.25) is 4.90 Å². The lowest BCUT2D eigenvalue weighted by Gasteiger charge is -2.42. The summed E-state index contributed by atoms with van der Waals surface area (Å²) in [5, 5.41) is 9.86. The Hall–Kier alpha value is -1.26. The fourth-order valence-electron chi connectivity index (χ4n) is 3.48. The van der Waals surface area contributed by atoms with Gasteiger partial charge in [-0.1, -0.05) is 72.6 Å². The first-order valence-corrected chi connectivity index (χ1v) is 10.1. The van der Waals surface area contributed by atoms with Crippen LogP contribution in [-0.2, 0) is 9.53 Å². The van der Waals surface area contributed by atoms with Crippen LogP contribution >= 0.6 is 0 Å². The Balaban J connectivity index is 4.78. The van der Waals surface area contributed by atoms with Gasteiger partial charge < -0.3 is 9.84 Å². The molecule has 0 spiro atoms. The van der Waals surface area contributed by atoms with E-state index >= 15 is 0 Å². The summed E-state index contributed by atoms with van der Waals surface area (Å²) in [6.45, 7) is 10.2. The second-order valence-corrected chi connectivity index (χ2v) is 7.06. The number of nitrogens with zero attached hydrogens (tertiary/aromatic N) is 1. The first kappa shape index (κ1) is 23.7. The lowest BCUT2D eigenvalue weighted by atomic mass is 9.82. The van der Waals surface area contributed by atoms with Gasteiger partial charge >= 0.3 is 12.1 Å². The maximum Gasteiger partial charge on any atom is 0.410 e. The fraction of sp³-hybridized carbons (Fsp3) is 0.900. The van der Waals surface area contributed by atoms with E-state index in [0.717, 1.165) is 19.3 Å². The molecule has 0 aliphatic heterocycles. The molecule has 0 aliphatic rings. The third-order valence-corrected chi connectivity index (χ3v) is 5.07. The van der Waals surface area contributed by atoms with Crippen LogP contribution in [0.5, 0.6) is 0 Å². The van der Waals surface area contributed by atoms with Gasteiger partial charge in [-0.25, -0.2) is 9.59 Å². The highest BCUT2D eigenvalue weighted by atomic mass is 16.6. The van der Waals surface area contributed by atoms with Crippen LogP contribution < -0.4 is 0 Å². The summed E-state index contributed by atoms with van der Waals surface area (Å²) in [5.41, 5.74) is -1.20. The topological polar surface area (TPSA) is 66.8 Å².